The lowest BCUT2D eigenvalue weighted by atomic mass is 9.84. The molecular weight excluding hydrogens is 861 g/mol. The molecule has 0 aliphatic heterocycles. The van der Waals surface area contributed by atoms with Crippen molar-refractivity contribution in [1.29, 1.82) is 0 Å². The van der Waals surface area contributed by atoms with Crippen LogP contribution in [0.2, 0.25) is 0 Å². The summed E-state index contributed by atoms with van der Waals surface area (Å²) in [5.74, 6) is 0.859. The molecule has 0 fully saturated rings. The van der Waals surface area contributed by atoms with Gasteiger partial charge in [-0.05, 0) is 137 Å². The molecule has 0 aliphatic carbocycles. The van der Waals surface area contributed by atoms with Crippen molar-refractivity contribution < 1.29 is 0 Å². The van der Waals surface area contributed by atoms with Crippen molar-refractivity contribution in [3.63, 3.8) is 0 Å². The normalized spacial score (nSPS) is 11.7. The van der Waals surface area contributed by atoms with Crippen molar-refractivity contribution in [2.75, 3.05) is 0 Å². The molecule has 4 heteroatoms. The average Bonchev–Trinajstić information content (AvgIpc) is 3.84. The van der Waals surface area contributed by atoms with Crippen LogP contribution in [0.25, 0.3) is 138 Å². The summed E-state index contributed by atoms with van der Waals surface area (Å²) in [6.07, 6.45) is 0. The van der Waals surface area contributed by atoms with E-state index in [1.165, 1.54) is 65.3 Å². The molecule has 0 amide bonds. The third-order valence-electron chi connectivity index (χ3n) is 14.1. The number of hydrogen-bond donors (Lipinski definition) is 0. The van der Waals surface area contributed by atoms with E-state index in [-0.39, 0.29) is 0 Å². The van der Waals surface area contributed by atoms with E-state index in [2.05, 4.69) is 241 Å². The molecule has 2 aromatic heterocycles. The Labute approximate surface area is 410 Å². The first-order valence-electron chi connectivity index (χ1n) is 24.2. The van der Waals surface area contributed by atoms with Crippen molar-refractivity contribution in [2.45, 2.75) is 0 Å². The number of fused-ring (bicyclic) bond motifs is 6. The fourth-order valence-corrected chi connectivity index (χ4v) is 10.7. The second-order valence-electron chi connectivity index (χ2n) is 18.3. The Bertz CT molecular complexity index is 4380. The largest absolute Gasteiger partial charge is 0.292 e. The molecule has 14 rings (SSSR count). The molecule has 0 spiro atoms. The number of aromatic nitrogens is 4. The smallest absolute Gasteiger partial charge is 0.145 e. The van der Waals surface area contributed by atoms with Crippen LogP contribution in [0.5, 0.6) is 0 Å². The minimum atomic E-state index is 0.808. The summed E-state index contributed by atoms with van der Waals surface area (Å²) in [5, 5.41) is 9.84. The number of hydrogen-bond acceptors (Lipinski definition) is 3. The molecule has 0 saturated carbocycles. The average molecular weight is 903 g/mol. The maximum atomic E-state index is 5.41. The van der Waals surface area contributed by atoms with E-state index in [0.29, 0.717) is 0 Å². The van der Waals surface area contributed by atoms with Gasteiger partial charge in [-0.15, -0.1) is 0 Å². The van der Waals surface area contributed by atoms with Gasteiger partial charge in [0.05, 0.1) is 33.5 Å². The van der Waals surface area contributed by atoms with Gasteiger partial charge < -0.3 is 0 Å². The molecule has 12 aromatic carbocycles. The standard InChI is InChI=1S/C67H42N4/c1-3-17-46(18-4-1)65-66(68-59-38-36-53(42-61(59)69-65)67-70-60-25-13-14-26-62(60)71(67)54-21-5-2-6-22-54)47-31-27-45(28-32-47)50-35-37-57-58(41-50)64(52-34-30-44-16-8-10-20-49(44)40-52)56-24-12-11-23-55(56)63(57)51-33-29-43-15-7-9-19-48(43)39-51/h1-42H. The van der Waals surface area contributed by atoms with E-state index in [1.54, 1.807) is 0 Å². The zero-order valence-corrected chi connectivity index (χ0v) is 38.5. The minimum absolute atomic E-state index is 0.808. The highest BCUT2D eigenvalue weighted by atomic mass is 15.1. The van der Waals surface area contributed by atoms with Crippen LogP contribution >= 0.6 is 0 Å². The summed E-state index contributed by atoms with van der Waals surface area (Å²) < 4.78 is 2.23. The maximum Gasteiger partial charge on any atom is 0.145 e. The Morgan fingerprint density at radius 1 is 0.254 bits per heavy atom. The van der Waals surface area contributed by atoms with Crippen LogP contribution in [0, 0.1) is 0 Å². The van der Waals surface area contributed by atoms with E-state index in [9.17, 15) is 0 Å². The van der Waals surface area contributed by atoms with Crippen LogP contribution in [0.3, 0.4) is 0 Å². The molecule has 0 unspecified atom stereocenters. The Morgan fingerprint density at radius 3 is 1.44 bits per heavy atom. The van der Waals surface area contributed by atoms with Gasteiger partial charge in [0.25, 0.3) is 0 Å². The Balaban J connectivity index is 0.912. The first kappa shape index (κ1) is 40.5. The van der Waals surface area contributed by atoms with Gasteiger partial charge in [0.1, 0.15) is 5.82 Å². The third-order valence-corrected chi connectivity index (χ3v) is 14.1. The molecule has 0 bridgehead atoms. The molecule has 330 valence electrons. The highest BCUT2D eigenvalue weighted by Crippen LogP contribution is 2.46. The van der Waals surface area contributed by atoms with Crippen LogP contribution in [-0.4, -0.2) is 19.5 Å². The molecule has 0 N–H and O–H groups in total. The summed E-state index contributed by atoms with van der Waals surface area (Å²) in [5.41, 5.74) is 16.5. The predicted octanol–water partition coefficient (Wildman–Crippen LogP) is 17.6. The molecule has 0 saturated heterocycles. The summed E-state index contributed by atoms with van der Waals surface area (Å²) in [7, 11) is 0. The van der Waals surface area contributed by atoms with Gasteiger partial charge in [-0.1, -0.05) is 194 Å². The summed E-state index contributed by atoms with van der Waals surface area (Å²) in [6.45, 7) is 0. The van der Waals surface area contributed by atoms with Gasteiger partial charge in [0, 0.05) is 22.4 Å². The van der Waals surface area contributed by atoms with Gasteiger partial charge in [-0.2, -0.15) is 0 Å². The number of benzene rings is 12. The second-order valence-corrected chi connectivity index (χ2v) is 18.3. The lowest BCUT2D eigenvalue weighted by Gasteiger charge is -2.19. The van der Waals surface area contributed by atoms with E-state index >= 15 is 0 Å². The molecule has 0 radical (unpaired) electrons. The number of nitrogens with zero attached hydrogens (tertiary/aromatic N) is 4. The molecule has 0 aliphatic rings. The van der Waals surface area contributed by atoms with Crippen LogP contribution in [0.1, 0.15) is 0 Å². The first-order valence-corrected chi connectivity index (χ1v) is 24.2. The number of imidazole rings is 1. The van der Waals surface area contributed by atoms with Crippen molar-refractivity contribution in [2.24, 2.45) is 0 Å². The van der Waals surface area contributed by atoms with E-state index in [0.717, 1.165) is 72.8 Å². The topological polar surface area (TPSA) is 43.6 Å². The highest BCUT2D eigenvalue weighted by Gasteiger charge is 2.21. The van der Waals surface area contributed by atoms with Crippen molar-refractivity contribution in [3.05, 3.63) is 255 Å². The minimum Gasteiger partial charge on any atom is -0.292 e. The Hall–Kier alpha value is -9.51. The van der Waals surface area contributed by atoms with E-state index in [1.807, 2.05) is 18.2 Å². The lowest BCUT2D eigenvalue weighted by molar-refractivity contribution is 1.10. The van der Waals surface area contributed by atoms with Crippen molar-refractivity contribution >= 4 is 65.2 Å². The molecule has 71 heavy (non-hydrogen) atoms. The number of rotatable bonds is 7. The molecule has 4 nitrogen and oxygen atoms in total. The van der Waals surface area contributed by atoms with Crippen molar-refractivity contribution in [1.82, 2.24) is 19.5 Å². The van der Waals surface area contributed by atoms with Gasteiger partial charge >= 0.3 is 0 Å². The van der Waals surface area contributed by atoms with Gasteiger partial charge in [-0.25, -0.2) is 15.0 Å². The second kappa shape index (κ2) is 16.6. The molecule has 0 atom stereocenters. The first-order chi connectivity index (χ1) is 35.2. The molecule has 2 heterocycles. The van der Waals surface area contributed by atoms with Crippen LogP contribution < -0.4 is 0 Å². The molecule has 14 aromatic rings. The lowest BCUT2D eigenvalue weighted by Crippen LogP contribution is -1.99. The zero-order valence-electron chi connectivity index (χ0n) is 38.5. The molecular formula is C67H42N4. The third kappa shape index (κ3) is 6.96. The SMILES string of the molecule is c1ccc(-c2nc3cc(-c4nc5ccccc5n4-c4ccccc4)ccc3nc2-c2ccc(-c3ccc4c(-c5ccc6ccccc6c5)c5ccccc5c(-c5ccc6ccccc6c5)c4c3)cc2)cc1. The fourth-order valence-electron chi connectivity index (χ4n) is 10.7. The quantitative estimate of drug-likeness (QED) is 0.150. The van der Waals surface area contributed by atoms with Gasteiger partial charge in [0.2, 0.25) is 0 Å². The van der Waals surface area contributed by atoms with E-state index < -0.39 is 0 Å². The Kier molecular flexibility index (Phi) is 9.49. The van der Waals surface area contributed by atoms with Crippen molar-refractivity contribution in [3.8, 4) is 73.0 Å². The zero-order chi connectivity index (χ0) is 46.8. The van der Waals surface area contributed by atoms with Crippen LogP contribution in [0.15, 0.2) is 255 Å². The van der Waals surface area contributed by atoms with Gasteiger partial charge in [0.15, 0.2) is 0 Å². The summed E-state index contributed by atoms with van der Waals surface area (Å²) >= 11 is 0. The number of para-hydroxylation sites is 3. The Morgan fingerprint density at radius 2 is 0.746 bits per heavy atom. The van der Waals surface area contributed by atoms with Crippen LogP contribution in [-0.2, 0) is 0 Å². The maximum absolute atomic E-state index is 5.41. The predicted molar refractivity (Wildman–Crippen MR) is 297 cm³/mol. The summed E-state index contributed by atoms with van der Waals surface area (Å²) in [4.78, 5) is 15.9. The fraction of sp³-hybridized carbons (Fsp3) is 0. The van der Waals surface area contributed by atoms with Crippen LogP contribution in [0.4, 0.5) is 0 Å². The highest BCUT2D eigenvalue weighted by molar-refractivity contribution is 6.22. The summed E-state index contributed by atoms with van der Waals surface area (Å²) in [6, 6.07) is 91.3. The van der Waals surface area contributed by atoms with E-state index in [4.69, 9.17) is 15.0 Å². The van der Waals surface area contributed by atoms with Gasteiger partial charge in [-0.3, -0.25) is 4.57 Å². The monoisotopic (exact) mass is 902 g/mol.